The predicted octanol–water partition coefficient (Wildman–Crippen LogP) is 7.14. The Morgan fingerprint density at radius 3 is 0.987 bits per heavy atom. The molecule has 0 atom stereocenters. The molecule has 0 radical (unpaired) electrons. The Bertz CT molecular complexity index is 2900. The summed E-state index contributed by atoms with van der Waals surface area (Å²) in [6.45, 7) is 23.0. The highest BCUT2D eigenvalue weighted by Crippen LogP contribution is 2.23. The van der Waals surface area contributed by atoms with E-state index >= 15 is 0 Å². The number of allylic oxidation sites excluding steroid dienone is 25. The van der Waals surface area contributed by atoms with Crippen LogP contribution in [0.4, 0.5) is 0 Å². The molecule has 7 rings (SSSR count). The second-order valence-corrected chi connectivity index (χ2v) is 17.0. The molecule has 0 aliphatic heterocycles. The lowest BCUT2D eigenvalue weighted by Crippen LogP contribution is -2.18. The molecule has 0 spiro atoms. The van der Waals surface area contributed by atoms with Crippen LogP contribution in [-0.2, 0) is 81.3 Å². The maximum Gasteiger partial charge on any atom is 0.220 e. The fraction of sp³-hybridized carbons (Fsp3) is 0.288. The number of carbonyl (C=O) groups is 14. The van der Waals surface area contributed by atoms with Crippen molar-refractivity contribution in [2.75, 3.05) is 20.3 Å². The molecule has 17 nitrogen and oxygen atoms in total. The molecule has 0 saturated carbocycles. The second kappa shape index (κ2) is 31.0. The molecule has 0 N–H and O–H groups in total. The number of ketones is 14. The molecule has 76 heavy (non-hydrogen) atoms. The summed E-state index contributed by atoms with van der Waals surface area (Å²) in [5, 5.41) is 0. The summed E-state index contributed by atoms with van der Waals surface area (Å²) in [6, 6.07) is 0. The van der Waals surface area contributed by atoms with E-state index in [0.29, 0.717) is 74.5 Å². The van der Waals surface area contributed by atoms with Gasteiger partial charge in [-0.3, -0.25) is 67.1 Å². The molecule has 0 saturated heterocycles. The van der Waals surface area contributed by atoms with Gasteiger partial charge < -0.3 is 14.2 Å². The highest BCUT2D eigenvalue weighted by Gasteiger charge is 2.25. The molecule has 400 valence electrons. The van der Waals surface area contributed by atoms with Crippen LogP contribution in [0.1, 0.15) is 96.4 Å². The molecule has 7 aliphatic carbocycles. The number of hydrogen-bond acceptors (Lipinski definition) is 17. The summed E-state index contributed by atoms with van der Waals surface area (Å²) in [5.41, 5.74) is 6.15. The van der Waals surface area contributed by atoms with Crippen molar-refractivity contribution in [1.29, 1.82) is 0 Å². The van der Waals surface area contributed by atoms with Crippen LogP contribution < -0.4 is 0 Å². The van der Waals surface area contributed by atoms with Crippen LogP contribution in [0, 0.1) is 0 Å². The zero-order chi connectivity index (χ0) is 58.3. The molecule has 17 heteroatoms. The molecule has 0 amide bonds. The minimum absolute atomic E-state index is 0.00426. The first-order valence-corrected chi connectivity index (χ1v) is 23.5. The lowest BCUT2D eigenvalue weighted by atomic mass is 9.87. The zero-order valence-electron chi connectivity index (χ0n) is 45.1. The van der Waals surface area contributed by atoms with Gasteiger partial charge in [0.05, 0.1) is 20.3 Å². The quantitative estimate of drug-likeness (QED) is 0.239. The maximum absolute atomic E-state index is 11.4. The molecular weight excluding hydrogens is 981 g/mol. The van der Waals surface area contributed by atoms with Gasteiger partial charge in [-0.25, -0.2) is 0 Å². The van der Waals surface area contributed by atoms with E-state index in [1.165, 1.54) is 92.2 Å². The molecule has 0 aromatic rings. The average Bonchev–Trinajstić information content (AvgIpc) is 3.37. The normalized spacial score (nSPS) is 17.9. The van der Waals surface area contributed by atoms with E-state index in [0.717, 1.165) is 6.42 Å². The summed E-state index contributed by atoms with van der Waals surface area (Å²) in [4.78, 5) is 153. The Balaban J connectivity index is 0.000000444. The van der Waals surface area contributed by atoms with Gasteiger partial charge in [-0.2, -0.15) is 0 Å². The third-order valence-corrected chi connectivity index (χ3v) is 11.1. The van der Waals surface area contributed by atoms with Crippen molar-refractivity contribution in [3.63, 3.8) is 0 Å². The summed E-state index contributed by atoms with van der Waals surface area (Å²) >= 11 is 0. The van der Waals surface area contributed by atoms with Crippen LogP contribution in [0.15, 0.2) is 164 Å². The number of methoxy groups -OCH3 is 1. The Morgan fingerprint density at radius 1 is 0.303 bits per heavy atom. The van der Waals surface area contributed by atoms with Crippen LogP contribution in [0.25, 0.3) is 0 Å². The Labute approximate surface area is 441 Å². The van der Waals surface area contributed by atoms with E-state index in [9.17, 15) is 67.1 Å². The van der Waals surface area contributed by atoms with E-state index < -0.39 is 0 Å². The number of rotatable bonds is 6. The van der Waals surface area contributed by atoms with Gasteiger partial charge in [0.2, 0.25) is 17.3 Å². The van der Waals surface area contributed by atoms with Crippen molar-refractivity contribution >= 4 is 81.0 Å². The molecule has 7 aliphatic rings. The maximum atomic E-state index is 11.4. The van der Waals surface area contributed by atoms with Gasteiger partial charge in [0.25, 0.3) is 0 Å². The van der Waals surface area contributed by atoms with E-state index in [4.69, 9.17) is 9.47 Å². The Kier molecular flexibility index (Phi) is 26.6. The standard InChI is InChI=1S/C10H12O2.C9H10O3.C9H10O2.C8H8O3.2C8H8O2.C7H6O3/c1-5-6(2)10(12)8(4)7(3)9(5)11;1-2-5-12-9-6-7(10)3-4-8(9)11;1-5-4-8(10)6(2)7(3)9(5)11;1-2-11-8-5-6(9)3-4-7(8)10;1-5-3-8(10)6(2)4-7(5)9;1-5-3-7(9)4-6(2)8(5)10;1-10-7-4-5(8)2-3-6(7)9/h1-4H3;3-4,6H,2,5H2,1H3;4H,1-3H3;3-5H,2H2,1H3;2*3-4H,1-2H3;2-4H,1H3. The molecule has 0 unspecified atom stereocenters. The minimum Gasteiger partial charge on any atom is -0.493 e. The lowest BCUT2D eigenvalue weighted by molar-refractivity contribution is -0.117. The zero-order valence-corrected chi connectivity index (χ0v) is 45.1. The average molecular weight is 1040 g/mol. The molecular formula is C59H62O17. The number of Topliss-reactive ketones (excluding diaryl/α,β-unsaturated/α-hetero) is 4. The van der Waals surface area contributed by atoms with Crippen LogP contribution in [0.3, 0.4) is 0 Å². The largest absolute Gasteiger partial charge is 0.493 e. The number of hydrogen-bond donors (Lipinski definition) is 0. The summed E-state index contributed by atoms with van der Waals surface area (Å²) in [7, 11) is 1.36. The number of ether oxygens (including phenoxy) is 3. The van der Waals surface area contributed by atoms with Crippen LogP contribution in [-0.4, -0.2) is 101 Å². The monoisotopic (exact) mass is 1040 g/mol. The smallest absolute Gasteiger partial charge is 0.220 e. The lowest BCUT2D eigenvalue weighted by Gasteiger charge is -2.15. The van der Waals surface area contributed by atoms with Gasteiger partial charge in [0.15, 0.2) is 80.9 Å². The first-order valence-electron chi connectivity index (χ1n) is 23.5. The predicted molar refractivity (Wildman–Crippen MR) is 281 cm³/mol. The third kappa shape index (κ3) is 20.2. The van der Waals surface area contributed by atoms with E-state index in [1.54, 1.807) is 83.1 Å². The topological polar surface area (TPSA) is 267 Å². The van der Waals surface area contributed by atoms with Crippen molar-refractivity contribution in [2.45, 2.75) is 96.4 Å². The SMILES string of the molecule is CC1=C(C)C(=O)C(C)=C(C)C1=O.CC1=CC(=O)C(C)=C(C)C1=O.CC1=CC(=O)C(C)=CC1=O.CC1=CC(=O)C=C(C)C1=O.CCCOC1=CC(=O)C=CC1=O.CCOC1=CC(=O)C=CC1=O.COC1=CC(=O)C=CC1=O. The molecule has 0 heterocycles. The van der Waals surface area contributed by atoms with Crippen molar-refractivity contribution < 1.29 is 81.3 Å². The fourth-order valence-corrected chi connectivity index (χ4v) is 6.16. The van der Waals surface area contributed by atoms with Crippen molar-refractivity contribution in [2.24, 2.45) is 0 Å². The van der Waals surface area contributed by atoms with Gasteiger partial charge in [-0.1, -0.05) is 6.92 Å². The summed E-state index contributed by atoms with van der Waals surface area (Å²) in [5.74, 6) is -1.22. The van der Waals surface area contributed by atoms with E-state index in [-0.39, 0.29) is 98.2 Å². The summed E-state index contributed by atoms with van der Waals surface area (Å²) < 4.78 is 14.6. The van der Waals surface area contributed by atoms with Gasteiger partial charge >= 0.3 is 0 Å². The van der Waals surface area contributed by atoms with Crippen LogP contribution in [0.5, 0.6) is 0 Å². The first-order chi connectivity index (χ1) is 35.4. The van der Waals surface area contributed by atoms with Crippen molar-refractivity contribution in [3.05, 3.63) is 164 Å². The van der Waals surface area contributed by atoms with E-state index in [2.05, 4.69) is 4.74 Å². The van der Waals surface area contributed by atoms with Gasteiger partial charge in [-0.05, 0) is 156 Å². The minimum atomic E-state index is -0.262. The molecule has 0 aromatic carbocycles. The van der Waals surface area contributed by atoms with Crippen LogP contribution in [0.2, 0.25) is 0 Å². The van der Waals surface area contributed by atoms with E-state index in [1.807, 2.05) is 6.92 Å². The molecule has 0 fully saturated rings. The molecule has 0 aromatic heterocycles. The molecule has 0 bridgehead atoms. The number of carbonyl (C=O) groups excluding carboxylic acids is 14. The van der Waals surface area contributed by atoms with Gasteiger partial charge in [-0.15, -0.1) is 0 Å². The second-order valence-electron chi connectivity index (χ2n) is 17.0. The fourth-order valence-electron chi connectivity index (χ4n) is 6.16. The van der Waals surface area contributed by atoms with Gasteiger partial charge in [0, 0.05) is 79.5 Å². The van der Waals surface area contributed by atoms with Crippen molar-refractivity contribution in [3.8, 4) is 0 Å². The highest BCUT2D eigenvalue weighted by atomic mass is 16.5. The Hall–Kier alpha value is -8.86. The van der Waals surface area contributed by atoms with Gasteiger partial charge in [0.1, 0.15) is 0 Å². The Morgan fingerprint density at radius 2 is 0.632 bits per heavy atom. The highest BCUT2D eigenvalue weighted by molar-refractivity contribution is 6.25. The van der Waals surface area contributed by atoms with Crippen LogP contribution >= 0.6 is 0 Å². The first kappa shape index (κ1) is 65.2. The third-order valence-electron chi connectivity index (χ3n) is 11.1. The summed E-state index contributed by atoms with van der Waals surface area (Å²) in [6.07, 6.45) is 18.6. The van der Waals surface area contributed by atoms with Crippen molar-refractivity contribution in [1.82, 2.24) is 0 Å².